The molecule has 0 bridgehead atoms. The lowest BCUT2D eigenvalue weighted by molar-refractivity contribution is 0.149. The van der Waals surface area contributed by atoms with E-state index in [1.165, 1.54) is 25.9 Å². The van der Waals surface area contributed by atoms with E-state index < -0.39 is 0 Å². The van der Waals surface area contributed by atoms with Gasteiger partial charge in [-0.1, -0.05) is 6.07 Å². The zero-order chi connectivity index (χ0) is 12.4. The van der Waals surface area contributed by atoms with Crippen LogP contribution >= 0.6 is 0 Å². The van der Waals surface area contributed by atoms with Crippen molar-refractivity contribution >= 4 is 10.9 Å². The van der Waals surface area contributed by atoms with Crippen LogP contribution in [0, 0.1) is 0 Å². The van der Waals surface area contributed by atoms with Gasteiger partial charge in [-0.3, -0.25) is 5.10 Å². The standard InChI is InChI=1S/C14H19N3O/c18-14(5-8-17-6-1-2-7-17)11-3-4-13-12(9-11)10-15-16-13/h3-4,9-10,14,18H,1-2,5-8H2,(H,15,16). The fraction of sp³-hybridized carbons (Fsp3) is 0.500. The Labute approximate surface area is 107 Å². The Morgan fingerprint density at radius 1 is 1.33 bits per heavy atom. The van der Waals surface area contributed by atoms with Crippen LogP contribution in [0.2, 0.25) is 0 Å². The van der Waals surface area contributed by atoms with E-state index in [1.807, 2.05) is 18.2 Å². The number of hydrogen-bond donors (Lipinski definition) is 2. The molecule has 0 amide bonds. The van der Waals surface area contributed by atoms with Crippen molar-refractivity contribution in [3.8, 4) is 0 Å². The van der Waals surface area contributed by atoms with Gasteiger partial charge in [0.05, 0.1) is 17.8 Å². The highest BCUT2D eigenvalue weighted by Crippen LogP contribution is 2.22. The Hall–Kier alpha value is -1.39. The van der Waals surface area contributed by atoms with E-state index in [2.05, 4.69) is 15.1 Å². The van der Waals surface area contributed by atoms with Crippen molar-refractivity contribution in [2.75, 3.05) is 19.6 Å². The second-order valence-corrected chi connectivity index (χ2v) is 5.07. The van der Waals surface area contributed by atoms with Crippen molar-refractivity contribution in [1.29, 1.82) is 0 Å². The van der Waals surface area contributed by atoms with E-state index in [9.17, 15) is 5.11 Å². The summed E-state index contributed by atoms with van der Waals surface area (Å²) >= 11 is 0. The molecule has 2 aromatic rings. The van der Waals surface area contributed by atoms with Crippen LogP contribution < -0.4 is 0 Å². The van der Waals surface area contributed by atoms with Gasteiger partial charge in [0.2, 0.25) is 0 Å². The molecule has 1 aliphatic rings. The van der Waals surface area contributed by atoms with E-state index in [4.69, 9.17) is 0 Å². The quantitative estimate of drug-likeness (QED) is 0.867. The molecule has 1 aromatic heterocycles. The number of nitrogens with zero attached hydrogens (tertiary/aromatic N) is 2. The normalized spacial score (nSPS) is 18.5. The molecule has 4 nitrogen and oxygen atoms in total. The topological polar surface area (TPSA) is 52.1 Å². The first-order valence-corrected chi connectivity index (χ1v) is 6.66. The van der Waals surface area contributed by atoms with Crippen LogP contribution in [-0.2, 0) is 0 Å². The Morgan fingerprint density at radius 3 is 3.00 bits per heavy atom. The van der Waals surface area contributed by atoms with Crippen LogP contribution in [0.25, 0.3) is 10.9 Å². The first-order chi connectivity index (χ1) is 8.83. The molecule has 2 N–H and O–H groups in total. The molecule has 0 saturated carbocycles. The minimum Gasteiger partial charge on any atom is -0.388 e. The maximum absolute atomic E-state index is 10.2. The van der Waals surface area contributed by atoms with Gasteiger partial charge in [-0.2, -0.15) is 5.10 Å². The first kappa shape index (κ1) is 11.7. The molecule has 0 spiro atoms. The summed E-state index contributed by atoms with van der Waals surface area (Å²) in [6.45, 7) is 3.37. The smallest absolute Gasteiger partial charge is 0.0802 e. The van der Waals surface area contributed by atoms with Gasteiger partial charge in [0.15, 0.2) is 0 Å². The number of fused-ring (bicyclic) bond motifs is 1. The first-order valence-electron chi connectivity index (χ1n) is 6.66. The average Bonchev–Trinajstić information content (AvgIpc) is 3.05. The van der Waals surface area contributed by atoms with Gasteiger partial charge in [-0.15, -0.1) is 0 Å². The average molecular weight is 245 g/mol. The van der Waals surface area contributed by atoms with Gasteiger partial charge in [0, 0.05) is 11.9 Å². The molecular formula is C14H19N3O. The molecular weight excluding hydrogens is 226 g/mol. The third kappa shape index (κ3) is 2.40. The molecule has 1 aromatic carbocycles. The summed E-state index contributed by atoms with van der Waals surface area (Å²) in [5, 5.41) is 18.2. The number of nitrogens with one attached hydrogen (secondary N) is 1. The monoisotopic (exact) mass is 245 g/mol. The lowest BCUT2D eigenvalue weighted by Gasteiger charge is -2.17. The number of rotatable bonds is 4. The highest BCUT2D eigenvalue weighted by molar-refractivity contribution is 5.78. The summed E-state index contributed by atoms with van der Waals surface area (Å²) < 4.78 is 0. The predicted molar refractivity (Wildman–Crippen MR) is 71.3 cm³/mol. The zero-order valence-electron chi connectivity index (χ0n) is 10.5. The van der Waals surface area contributed by atoms with Gasteiger partial charge in [-0.05, 0) is 50.0 Å². The summed E-state index contributed by atoms with van der Waals surface area (Å²) in [6, 6.07) is 5.99. The van der Waals surface area contributed by atoms with Crippen molar-refractivity contribution in [3.05, 3.63) is 30.0 Å². The predicted octanol–water partition coefficient (Wildman–Crippen LogP) is 2.08. The summed E-state index contributed by atoms with van der Waals surface area (Å²) in [7, 11) is 0. The Morgan fingerprint density at radius 2 is 2.17 bits per heavy atom. The second kappa shape index (κ2) is 5.08. The van der Waals surface area contributed by atoms with Gasteiger partial charge >= 0.3 is 0 Å². The number of benzene rings is 1. The lowest BCUT2D eigenvalue weighted by atomic mass is 10.0. The summed E-state index contributed by atoms with van der Waals surface area (Å²) in [6.07, 6.45) is 4.84. The van der Waals surface area contributed by atoms with Gasteiger partial charge in [-0.25, -0.2) is 0 Å². The van der Waals surface area contributed by atoms with Crippen LogP contribution in [0.3, 0.4) is 0 Å². The number of aliphatic hydroxyl groups excluding tert-OH is 1. The summed E-state index contributed by atoms with van der Waals surface area (Å²) in [4.78, 5) is 2.43. The van der Waals surface area contributed by atoms with Gasteiger partial charge in [0.25, 0.3) is 0 Å². The molecule has 2 heterocycles. The third-order valence-corrected chi connectivity index (χ3v) is 3.77. The number of aliphatic hydroxyl groups is 1. The minimum atomic E-state index is -0.370. The highest BCUT2D eigenvalue weighted by Gasteiger charge is 2.14. The number of hydrogen-bond acceptors (Lipinski definition) is 3. The van der Waals surface area contributed by atoms with Crippen LogP contribution in [0.15, 0.2) is 24.4 Å². The van der Waals surface area contributed by atoms with Crippen LogP contribution in [0.4, 0.5) is 0 Å². The maximum atomic E-state index is 10.2. The number of H-pyrrole nitrogens is 1. The Balaban J connectivity index is 1.65. The van der Waals surface area contributed by atoms with E-state index in [-0.39, 0.29) is 6.10 Å². The van der Waals surface area contributed by atoms with Crippen molar-refractivity contribution in [2.24, 2.45) is 0 Å². The fourth-order valence-corrected chi connectivity index (χ4v) is 2.65. The SMILES string of the molecule is OC(CCN1CCCC1)c1ccc2[nH]ncc2c1. The van der Waals surface area contributed by atoms with E-state index in [0.717, 1.165) is 29.4 Å². The molecule has 3 rings (SSSR count). The molecule has 0 aliphatic carbocycles. The number of aromatic nitrogens is 2. The Bertz CT molecular complexity index is 516. The van der Waals surface area contributed by atoms with Crippen LogP contribution in [0.1, 0.15) is 30.9 Å². The van der Waals surface area contributed by atoms with Crippen LogP contribution in [-0.4, -0.2) is 39.8 Å². The third-order valence-electron chi connectivity index (χ3n) is 3.77. The zero-order valence-corrected chi connectivity index (χ0v) is 10.5. The highest BCUT2D eigenvalue weighted by atomic mass is 16.3. The molecule has 96 valence electrons. The minimum absolute atomic E-state index is 0.370. The molecule has 1 fully saturated rings. The van der Waals surface area contributed by atoms with Crippen molar-refractivity contribution < 1.29 is 5.11 Å². The van der Waals surface area contributed by atoms with Crippen molar-refractivity contribution in [1.82, 2.24) is 15.1 Å². The lowest BCUT2D eigenvalue weighted by Crippen LogP contribution is -2.22. The molecule has 1 aliphatic heterocycles. The molecule has 1 atom stereocenters. The summed E-state index contributed by atoms with van der Waals surface area (Å²) in [5.41, 5.74) is 2.01. The van der Waals surface area contributed by atoms with Crippen LogP contribution in [0.5, 0.6) is 0 Å². The molecule has 1 unspecified atom stereocenters. The molecule has 18 heavy (non-hydrogen) atoms. The molecule has 1 saturated heterocycles. The number of likely N-dealkylation sites (tertiary alicyclic amines) is 1. The van der Waals surface area contributed by atoms with Crippen molar-refractivity contribution in [3.63, 3.8) is 0 Å². The maximum Gasteiger partial charge on any atom is 0.0802 e. The fourth-order valence-electron chi connectivity index (χ4n) is 2.65. The largest absolute Gasteiger partial charge is 0.388 e. The summed E-state index contributed by atoms with van der Waals surface area (Å²) in [5.74, 6) is 0. The second-order valence-electron chi connectivity index (χ2n) is 5.07. The molecule has 0 radical (unpaired) electrons. The molecule has 4 heteroatoms. The Kier molecular flexibility index (Phi) is 3.30. The number of aromatic amines is 1. The van der Waals surface area contributed by atoms with E-state index >= 15 is 0 Å². The van der Waals surface area contributed by atoms with Crippen molar-refractivity contribution in [2.45, 2.75) is 25.4 Å². The van der Waals surface area contributed by atoms with Gasteiger partial charge < -0.3 is 10.0 Å². The van der Waals surface area contributed by atoms with E-state index in [1.54, 1.807) is 6.20 Å². The van der Waals surface area contributed by atoms with Gasteiger partial charge in [0.1, 0.15) is 0 Å². The van der Waals surface area contributed by atoms with E-state index in [0.29, 0.717) is 0 Å².